The minimum Gasteiger partial charge on any atom is -0.381 e. The molecule has 1 aliphatic heterocycles. The van der Waals surface area contributed by atoms with Gasteiger partial charge in [-0.25, -0.2) is 4.98 Å². The Morgan fingerprint density at radius 1 is 1.32 bits per heavy atom. The quantitative estimate of drug-likeness (QED) is 0.861. The predicted octanol–water partition coefficient (Wildman–Crippen LogP) is 4.12. The van der Waals surface area contributed by atoms with E-state index in [1.807, 2.05) is 0 Å². The number of nitrogens with one attached hydrogen (secondary N) is 1. The zero-order chi connectivity index (χ0) is 17.9. The molecule has 2 aromatic rings. The summed E-state index contributed by atoms with van der Waals surface area (Å²) in [5, 5.41) is 3.27. The zero-order valence-electron chi connectivity index (χ0n) is 13.3. The lowest BCUT2D eigenvalue weighted by Crippen LogP contribution is -2.16. The van der Waals surface area contributed by atoms with Gasteiger partial charge in [0.2, 0.25) is 5.91 Å². The number of ether oxygens (including phenoxy) is 1. The summed E-state index contributed by atoms with van der Waals surface area (Å²) in [5.41, 5.74) is 0.0991. The second kappa shape index (κ2) is 7.53. The molecule has 0 aliphatic carbocycles. The van der Waals surface area contributed by atoms with Crippen LogP contribution in [0.2, 0.25) is 0 Å². The van der Waals surface area contributed by atoms with E-state index < -0.39 is 11.7 Å². The Labute approximate surface area is 147 Å². The maximum atomic E-state index is 12.6. The van der Waals surface area contributed by atoms with Crippen LogP contribution in [0, 0.1) is 5.92 Å². The van der Waals surface area contributed by atoms with Crippen LogP contribution in [-0.4, -0.2) is 24.1 Å². The summed E-state index contributed by atoms with van der Waals surface area (Å²) in [6.07, 6.45) is -0.915. The molecule has 1 amide bonds. The Balaban J connectivity index is 1.55. The topological polar surface area (TPSA) is 51.2 Å². The number of halogens is 3. The Hall–Kier alpha value is -1.93. The van der Waals surface area contributed by atoms with Gasteiger partial charge in [0.25, 0.3) is 0 Å². The predicted molar refractivity (Wildman–Crippen MR) is 88.5 cm³/mol. The molecule has 1 aromatic heterocycles. The summed E-state index contributed by atoms with van der Waals surface area (Å²) >= 11 is 1.33. The van der Waals surface area contributed by atoms with Crippen molar-refractivity contribution in [1.82, 2.24) is 4.98 Å². The number of hydrogen-bond acceptors (Lipinski definition) is 4. The summed E-state index contributed by atoms with van der Waals surface area (Å²) in [5.74, 6) is 0.164. The summed E-state index contributed by atoms with van der Waals surface area (Å²) in [4.78, 5) is 17.0. The first-order valence-electron chi connectivity index (χ1n) is 7.88. The van der Waals surface area contributed by atoms with Crippen molar-refractivity contribution in [3.05, 3.63) is 46.5 Å². The van der Waals surface area contributed by atoms with Gasteiger partial charge >= 0.3 is 6.18 Å². The van der Waals surface area contributed by atoms with Gasteiger partial charge < -0.3 is 10.1 Å². The second-order valence-corrected chi connectivity index (χ2v) is 7.10. The van der Waals surface area contributed by atoms with Crippen molar-refractivity contribution in [2.24, 2.45) is 5.92 Å². The van der Waals surface area contributed by atoms with Gasteiger partial charge in [-0.15, -0.1) is 11.3 Å². The number of carbonyl (C=O) groups is 1. The normalized spacial score (nSPS) is 17.6. The van der Waals surface area contributed by atoms with E-state index in [1.165, 1.54) is 23.5 Å². The highest BCUT2D eigenvalue weighted by atomic mass is 32.1. The summed E-state index contributed by atoms with van der Waals surface area (Å²) in [6, 6.07) is 5.06. The fourth-order valence-electron chi connectivity index (χ4n) is 2.64. The number of aromatic nitrogens is 1. The molecular weight excluding hydrogens is 353 g/mol. The number of alkyl halides is 3. The lowest BCUT2D eigenvalue weighted by atomic mass is 10.1. The molecule has 1 N–H and O–H groups in total. The molecule has 134 valence electrons. The second-order valence-electron chi connectivity index (χ2n) is 5.99. The van der Waals surface area contributed by atoms with Crippen LogP contribution in [0.4, 0.5) is 18.3 Å². The number of benzene rings is 1. The molecule has 0 spiro atoms. The van der Waals surface area contributed by atoms with Crippen LogP contribution in [0.3, 0.4) is 0 Å². The van der Waals surface area contributed by atoms with E-state index in [9.17, 15) is 18.0 Å². The van der Waals surface area contributed by atoms with Crippen molar-refractivity contribution in [1.29, 1.82) is 0 Å². The van der Waals surface area contributed by atoms with Gasteiger partial charge in [-0.05, 0) is 30.0 Å². The van der Waals surface area contributed by atoms with Gasteiger partial charge in [-0.3, -0.25) is 4.79 Å². The van der Waals surface area contributed by atoms with Crippen molar-refractivity contribution >= 4 is 22.4 Å². The summed E-state index contributed by atoms with van der Waals surface area (Å²) in [6.45, 7) is 1.32. The van der Waals surface area contributed by atoms with Crippen molar-refractivity contribution in [2.75, 3.05) is 18.5 Å². The first-order chi connectivity index (χ1) is 11.9. The number of amides is 1. The number of anilines is 1. The lowest BCUT2D eigenvalue weighted by Gasteiger charge is -2.07. The first-order valence-corrected chi connectivity index (χ1v) is 8.70. The van der Waals surface area contributed by atoms with E-state index in [1.54, 1.807) is 6.20 Å². The van der Waals surface area contributed by atoms with Gasteiger partial charge in [0, 0.05) is 37.1 Å². The third-order valence-corrected chi connectivity index (χ3v) is 4.87. The molecule has 0 bridgehead atoms. The fourth-order valence-corrected chi connectivity index (χ4v) is 3.50. The van der Waals surface area contributed by atoms with Gasteiger partial charge in [-0.2, -0.15) is 13.2 Å². The van der Waals surface area contributed by atoms with E-state index >= 15 is 0 Å². The van der Waals surface area contributed by atoms with Gasteiger partial charge in [0.05, 0.1) is 5.56 Å². The van der Waals surface area contributed by atoms with Crippen LogP contribution in [-0.2, 0) is 22.1 Å². The molecule has 1 fully saturated rings. The Morgan fingerprint density at radius 2 is 2.08 bits per heavy atom. The maximum absolute atomic E-state index is 12.6. The van der Waals surface area contributed by atoms with Gasteiger partial charge in [-0.1, -0.05) is 12.1 Å². The maximum Gasteiger partial charge on any atom is 0.416 e. The Kier molecular flexibility index (Phi) is 5.39. The highest BCUT2D eigenvalue weighted by Crippen LogP contribution is 2.30. The van der Waals surface area contributed by atoms with E-state index in [0.717, 1.165) is 29.0 Å². The number of nitrogens with zero attached hydrogens (tertiary/aromatic N) is 1. The van der Waals surface area contributed by atoms with Crippen LogP contribution < -0.4 is 5.32 Å². The van der Waals surface area contributed by atoms with Crippen molar-refractivity contribution in [3.63, 3.8) is 0 Å². The fraction of sp³-hybridized carbons (Fsp3) is 0.412. The molecular formula is C17H17F3N2O2S. The van der Waals surface area contributed by atoms with Crippen molar-refractivity contribution < 1.29 is 22.7 Å². The molecule has 1 aromatic carbocycles. The zero-order valence-corrected chi connectivity index (χ0v) is 14.1. The minimum absolute atomic E-state index is 0.0917. The Bertz CT molecular complexity index is 722. The van der Waals surface area contributed by atoms with Crippen molar-refractivity contribution in [2.45, 2.75) is 25.4 Å². The molecule has 1 atom stereocenters. The number of rotatable bonds is 5. The molecule has 4 nitrogen and oxygen atoms in total. The third kappa shape index (κ3) is 5.02. The standard InChI is InChI=1S/C17H17F3N2O2S/c18-17(19,20)13-3-1-11(2-4-13)7-14-9-21-16(25-14)22-15(23)8-12-5-6-24-10-12/h1-4,9,12H,5-8,10H2,(H,21,22,23)/t12-/m1/s1. The molecule has 3 rings (SSSR count). The van der Waals surface area contributed by atoms with E-state index in [0.29, 0.717) is 31.2 Å². The van der Waals surface area contributed by atoms with Crippen LogP contribution >= 0.6 is 11.3 Å². The first kappa shape index (κ1) is 17.9. The monoisotopic (exact) mass is 370 g/mol. The van der Waals surface area contributed by atoms with E-state index in [-0.39, 0.29) is 11.8 Å². The molecule has 1 aliphatic rings. The summed E-state index contributed by atoms with van der Waals surface area (Å²) in [7, 11) is 0. The van der Waals surface area contributed by atoms with Crippen LogP contribution in [0.1, 0.15) is 28.8 Å². The van der Waals surface area contributed by atoms with Gasteiger partial charge in [0.15, 0.2) is 5.13 Å². The summed E-state index contributed by atoms with van der Waals surface area (Å²) < 4.78 is 42.9. The molecule has 1 saturated heterocycles. The largest absolute Gasteiger partial charge is 0.416 e. The molecule has 8 heteroatoms. The van der Waals surface area contributed by atoms with Crippen LogP contribution in [0.15, 0.2) is 30.5 Å². The highest BCUT2D eigenvalue weighted by molar-refractivity contribution is 7.15. The van der Waals surface area contributed by atoms with Crippen LogP contribution in [0.5, 0.6) is 0 Å². The number of hydrogen-bond donors (Lipinski definition) is 1. The highest BCUT2D eigenvalue weighted by Gasteiger charge is 2.29. The smallest absolute Gasteiger partial charge is 0.381 e. The number of thiazole rings is 1. The molecule has 0 radical (unpaired) electrons. The molecule has 25 heavy (non-hydrogen) atoms. The SMILES string of the molecule is O=C(C[C@H]1CCOC1)Nc1ncc(Cc2ccc(C(F)(F)F)cc2)s1. The van der Waals surface area contributed by atoms with Crippen molar-refractivity contribution in [3.8, 4) is 0 Å². The van der Waals surface area contributed by atoms with E-state index in [2.05, 4.69) is 10.3 Å². The lowest BCUT2D eigenvalue weighted by molar-refractivity contribution is -0.137. The average Bonchev–Trinajstić information content (AvgIpc) is 3.19. The molecule has 0 unspecified atom stereocenters. The molecule has 2 heterocycles. The average molecular weight is 370 g/mol. The van der Waals surface area contributed by atoms with E-state index in [4.69, 9.17) is 4.74 Å². The van der Waals surface area contributed by atoms with Crippen LogP contribution in [0.25, 0.3) is 0 Å². The molecule has 0 saturated carbocycles. The Morgan fingerprint density at radius 3 is 2.72 bits per heavy atom. The minimum atomic E-state index is -4.33. The third-order valence-electron chi connectivity index (χ3n) is 3.96. The number of carbonyl (C=O) groups excluding carboxylic acids is 1. The van der Waals surface area contributed by atoms with Gasteiger partial charge in [0.1, 0.15) is 0 Å².